The molecule has 0 saturated carbocycles. The molecule has 170 valence electrons. The number of carboxylic acid groups (broad SMARTS) is 1. The van der Waals surface area contributed by atoms with Gasteiger partial charge in [-0.15, -0.1) is 0 Å². The molecule has 1 amide bonds. The molecule has 1 aliphatic carbocycles. The normalized spacial score (nSPS) is 13.2. The third kappa shape index (κ3) is 3.99. The lowest BCUT2D eigenvalue weighted by Gasteiger charge is -2.25. The molecule has 34 heavy (non-hydrogen) atoms. The van der Waals surface area contributed by atoms with Gasteiger partial charge in [-0.05, 0) is 39.9 Å². The number of benzene rings is 3. The van der Waals surface area contributed by atoms with Crippen molar-refractivity contribution in [3.05, 3.63) is 102 Å². The second-order valence-electron chi connectivity index (χ2n) is 8.51. The Bertz CT molecular complexity index is 1340. The van der Waals surface area contributed by atoms with Crippen molar-refractivity contribution >= 4 is 23.0 Å². The summed E-state index contributed by atoms with van der Waals surface area (Å²) in [6.07, 6.45) is 1.13. The first-order chi connectivity index (χ1) is 16.5. The molecule has 6 heteroatoms. The van der Waals surface area contributed by atoms with Crippen molar-refractivity contribution in [1.82, 2.24) is 9.88 Å². The van der Waals surface area contributed by atoms with Crippen molar-refractivity contribution in [3.63, 3.8) is 0 Å². The number of para-hydroxylation sites is 1. The van der Waals surface area contributed by atoms with Gasteiger partial charge in [0.15, 0.2) is 0 Å². The van der Waals surface area contributed by atoms with E-state index < -0.39 is 18.1 Å². The second-order valence-corrected chi connectivity index (χ2v) is 8.51. The van der Waals surface area contributed by atoms with Crippen molar-refractivity contribution in [3.8, 4) is 11.1 Å². The number of nitrogens with zero attached hydrogens (tertiary/aromatic N) is 2. The molecule has 4 aromatic rings. The minimum Gasteiger partial charge on any atom is -0.480 e. The maximum atomic E-state index is 12.9. The Hall–Kier alpha value is -4.19. The van der Waals surface area contributed by atoms with Crippen molar-refractivity contribution in [1.29, 1.82) is 0 Å². The molecular formula is C28H24N2O4. The van der Waals surface area contributed by atoms with Gasteiger partial charge in [0.1, 0.15) is 12.6 Å². The Morgan fingerprint density at radius 2 is 1.59 bits per heavy atom. The molecule has 0 saturated heterocycles. The minimum absolute atomic E-state index is 0.0854. The van der Waals surface area contributed by atoms with Gasteiger partial charge in [-0.3, -0.25) is 9.88 Å². The van der Waals surface area contributed by atoms with E-state index in [-0.39, 0.29) is 18.9 Å². The van der Waals surface area contributed by atoms with E-state index in [9.17, 15) is 14.7 Å². The molecule has 5 rings (SSSR count). The average molecular weight is 453 g/mol. The lowest BCUT2D eigenvalue weighted by molar-refractivity contribution is -0.142. The van der Waals surface area contributed by atoms with Crippen LogP contribution < -0.4 is 0 Å². The van der Waals surface area contributed by atoms with E-state index >= 15 is 0 Å². The van der Waals surface area contributed by atoms with Crippen LogP contribution in [0.4, 0.5) is 4.79 Å². The summed E-state index contributed by atoms with van der Waals surface area (Å²) in [5.41, 5.74) is 6.07. The van der Waals surface area contributed by atoms with E-state index in [2.05, 4.69) is 17.1 Å². The Kier molecular flexibility index (Phi) is 5.72. The van der Waals surface area contributed by atoms with Gasteiger partial charge in [0, 0.05) is 31.0 Å². The van der Waals surface area contributed by atoms with Crippen LogP contribution in [0, 0.1) is 0 Å². The van der Waals surface area contributed by atoms with Crippen molar-refractivity contribution < 1.29 is 19.4 Å². The van der Waals surface area contributed by atoms with Crippen molar-refractivity contribution in [2.45, 2.75) is 18.4 Å². The highest BCUT2D eigenvalue weighted by atomic mass is 16.6. The summed E-state index contributed by atoms with van der Waals surface area (Å²) in [7, 11) is 1.46. The first-order valence-electron chi connectivity index (χ1n) is 11.2. The van der Waals surface area contributed by atoms with Crippen LogP contribution in [0.15, 0.2) is 85.1 Å². The molecule has 0 bridgehead atoms. The van der Waals surface area contributed by atoms with Crippen LogP contribution >= 0.6 is 0 Å². The molecule has 0 spiro atoms. The number of hydrogen-bond acceptors (Lipinski definition) is 4. The Balaban J connectivity index is 1.31. The van der Waals surface area contributed by atoms with Gasteiger partial charge in [0.25, 0.3) is 0 Å². The van der Waals surface area contributed by atoms with Crippen molar-refractivity contribution in [2.24, 2.45) is 0 Å². The number of carboxylic acids is 1. The number of pyridine rings is 1. The first-order valence-corrected chi connectivity index (χ1v) is 11.2. The zero-order chi connectivity index (χ0) is 23.7. The van der Waals surface area contributed by atoms with E-state index in [0.29, 0.717) is 0 Å². The lowest BCUT2D eigenvalue weighted by atomic mass is 9.98. The van der Waals surface area contributed by atoms with Crippen LogP contribution in [0.3, 0.4) is 0 Å². The summed E-state index contributed by atoms with van der Waals surface area (Å²) in [5.74, 6) is -1.18. The monoisotopic (exact) mass is 452 g/mol. The second kappa shape index (κ2) is 8.98. The molecule has 1 aliphatic rings. The summed E-state index contributed by atoms with van der Waals surface area (Å²) in [4.78, 5) is 30.5. The predicted molar refractivity (Wildman–Crippen MR) is 130 cm³/mol. The number of carbonyl (C=O) groups is 2. The highest BCUT2D eigenvalue weighted by Gasteiger charge is 2.32. The zero-order valence-corrected chi connectivity index (χ0v) is 18.7. The minimum atomic E-state index is -1.09. The molecule has 6 nitrogen and oxygen atoms in total. The van der Waals surface area contributed by atoms with Gasteiger partial charge < -0.3 is 9.84 Å². The van der Waals surface area contributed by atoms with Crippen LogP contribution in [-0.4, -0.2) is 46.7 Å². The maximum absolute atomic E-state index is 12.9. The fraction of sp³-hybridized carbons (Fsp3) is 0.179. The van der Waals surface area contributed by atoms with Gasteiger partial charge in [0.05, 0.1) is 5.52 Å². The zero-order valence-electron chi connectivity index (χ0n) is 18.7. The fourth-order valence-corrected chi connectivity index (χ4v) is 4.66. The number of aliphatic carboxylic acids is 1. The molecule has 0 radical (unpaired) electrons. The SMILES string of the molecule is CN(C(=O)OCC1c2ccccc2-c2ccccc21)[C@H](Cc1cnc2ccccc2c1)C(=O)O. The van der Waals surface area contributed by atoms with Crippen LogP contribution in [-0.2, 0) is 16.0 Å². The number of fused-ring (bicyclic) bond motifs is 4. The molecule has 0 fully saturated rings. The van der Waals surface area contributed by atoms with E-state index in [4.69, 9.17) is 4.74 Å². The lowest BCUT2D eigenvalue weighted by Crippen LogP contribution is -2.44. The van der Waals surface area contributed by atoms with Gasteiger partial charge in [0.2, 0.25) is 0 Å². The summed E-state index contributed by atoms with van der Waals surface area (Å²) in [5, 5.41) is 10.8. The molecule has 1 heterocycles. The largest absolute Gasteiger partial charge is 0.480 e. The van der Waals surface area contributed by atoms with Crippen LogP contribution in [0.2, 0.25) is 0 Å². The Morgan fingerprint density at radius 3 is 2.26 bits per heavy atom. The summed E-state index contributed by atoms with van der Waals surface area (Å²) >= 11 is 0. The van der Waals surface area contributed by atoms with E-state index in [0.717, 1.165) is 43.6 Å². The van der Waals surface area contributed by atoms with Gasteiger partial charge >= 0.3 is 12.1 Å². The van der Waals surface area contributed by atoms with Crippen LogP contribution in [0.1, 0.15) is 22.6 Å². The molecule has 3 aromatic carbocycles. The first kappa shape index (κ1) is 21.6. The highest BCUT2D eigenvalue weighted by Crippen LogP contribution is 2.44. The molecule has 1 atom stereocenters. The van der Waals surface area contributed by atoms with Gasteiger partial charge in [-0.2, -0.15) is 0 Å². The van der Waals surface area contributed by atoms with E-state index in [1.165, 1.54) is 7.05 Å². The number of carbonyl (C=O) groups excluding carboxylic acids is 1. The summed E-state index contributed by atoms with van der Waals surface area (Å²) < 4.78 is 5.65. The van der Waals surface area contributed by atoms with Crippen LogP contribution in [0.5, 0.6) is 0 Å². The number of ether oxygens (including phenoxy) is 1. The Labute approximate surface area is 197 Å². The molecule has 1 N–H and O–H groups in total. The fourth-order valence-electron chi connectivity index (χ4n) is 4.66. The quantitative estimate of drug-likeness (QED) is 0.440. The predicted octanol–water partition coefficient (Wildman–Crippen LogP) is 5.11. The van der Waals surface area contributed by atoms with E-state index in [1.54, 1.807) is 6.20 Å². The summed E-state index contributed by atoms with van der Waals surface area (Å²) in [6, 6.07) is 24.7. The van der Waals surface area contributed by atoms with Crippen LogP contribution in [0.25, 0.3) is 22.0 Å². The third-order valence-electron chi connectivity index (χ3n) is 6.45. The number of hydrogen-bond donors (Lipinski definition) is 1. The number of likely N-dealkylation sites (N-methyl/N-ethyl adjacent to an activating group) is 1. The number of amides is 1. The maximum Gasteiger partial charge on any atom is 0.410 e. The third-order valence-corrected chi connectivity index (χ3v) is 6.45. The molecule has 0 unspecified atom stereocenters. The highest BCUT2D eigenvalue weighted by molar-refractivity contribution is 5.82. The molecule has 1 aromatic heterocycles. The smallest absolute Gasteiger partial charge is 0.410 e. The molecular weight excluding hydrogens is 428 g/mol. The standard InChI is InChI=1S/C28H24N2O4/c1-30(26(27(31)32)15-18-14-19-8-2-7-13-25(19)29-16-18)28(33)34-17-24-22-11-5-3-9-20(22)21-10-4-6-12-23(21)24/h2-14,16,24,26H,15,17H2,1H3,(H,31,32)/t26-/m1/s1. The topological polar surface area (TPSA) is 79.7 Å². The molecule has 0 aliphatic heterocycles. The Morgan fingerprint density at radius 1 is 0.971 bits per heavy atom. The van der Waals surface area contributed by atoms with E-state index in [1.807, 2.05) is 66.7 Å². The van der Waals surface area contributed by atoms with Gasteiger partial charge in [-0.25, -0.2) is 9.59 Å². The average Bonchev–Trinajstić information content (AvgIpc) is 3.19. The van der Waals surface area contributed by atoms with Crippen molar-refractivity contribution in [2.75, 3.05) is 13.7 Å². The van der Waals surface area contributed by atoms with Gasteiger partial charge in [-0.1, -0.05) is 66.7 Å². The summed E-state index contributed by atoms with van der Waals surface area (Å²) in [6.45, 7) is 0.140. The number of rotatable bonds is 6. The number of aromatic nitrogens is 1.